The third-order valence-corrected chi connectivity index (χ3v) is 4.74. The average molecular weight is 315 g/mol. The fraction of sp³-hybridized carbons (Fsp3) is 0.579. The summed E-state index contributed by atoms with van der Waals surface area (Å²) in [5.74, 6) is 0.0900. The summed E-state index contributed by atoms with van der Waals surface area (Å²) < 4.78 is 5.52. The van der Waals surface area contributed by atoms with Crippen LogP contribution < -0.4 is 0 Å². The molecule has 124 valence electrons. The molecule has 23 heavy (non-hydrogen) atoms. The van der Waals surface area contributed by atoms with Crippen molar-refractivity contribution in [2.45, 2.75) is 58.1 Å². The summed E-state index contributed by atoms with van der Waals surface area (Å²) in [6, 6.07) is 7.82. The highest BCUT2D eigenvalue weighted by Gasteiger charge is 2.41. The van der Waals surface area contributed by atoms with E-state index in [9.17, 15) is 9.59 Å². The van der Waals surface area contributed by atoms with E-state index in [1.54, 1.807) is 4.90 Å². The van der Waals surface area contributed by atoms with Crippen LogP contribution in [0.3, 0.4) is 0 Å². The summed E-state index contributed by atoms with van der Waals surface area (Å²) in [6.07, 6.45) is 3.27. The van der Waals surface area contributed by atoms with Gasteiger partial charge in [0.1, 0.15) is 5.60 Å². The lowest BCUT2D eigenvalue weighted by molar-refractivity contribution is 0.0175. The monoisotopic (exact) mass is 315 g/mol. The van der Waals surface area contributed by atoms with Gasteiger partial charge in [-0.1, -0.05) is 24.3 Å². The van der Waals surface area contributed by atoms with E-state index < -0.39 is 5.60 Å². The lowest BCUT2D eigenvalue weighted by atomic mass is 9.78. The number of hydrogen-bond donors (Lipinski definition) is 0. The summed E-state index contributed by atoms with van der Waals surface area (Å²) in [4.78, 5) is 27.1. The largest absolute Gasteiger partial charge is 0.444 e. The van der Waals surface area contributed by atoms with Gasteiger partial charge in [-0.2, -0.15) is 0 Å². The van der Waals surface area contributed by atoms with Crippen molar-refractivity contribution in [1.29, 1.82) is 0 Å². The summed E-state index contributed by atoms with van der Waals surface area (Å²) in [6.45, 7) is 6.30. The highest BCUT2D eigenvalue weighted by atomic mass is 16.6. The number of benzene rings is 1. The molecule has 2 aliphatic rings. The van der Waals surface area contributed by atoms with Crippen LogP contribution in [0.15, 0.2) is 24.3 Å². The number of aryl methyl sites for hydroxylation is 1. The number of carbonyl (C=O) groups is 2. The lowest BCUT2D eigenvalue weighted by Crippen LogP contribution is -2.46. The van der Waals surface area contributed by atoms with E-state index in [2.05, 4.69) is 0 Å². The standard InChI is InChI=1S/C19H25NO3/c1-19(2,3)23-18(22)20-12-6-9-16(20)15-11-10-13-7-4-5-8-14(13)17(15)21/h4-5,7-8,15-16H,6,9-12H2,1-3H3/t15-,16+/m0/s1. The zero-order valence-electron chi connectivity index (χ0n) is 14.2. The fourth-order valence-electron chi connectivity index (χ4n) is 3.75. The van der Waals surface area contributed by atoms with Crippen LogP contribution in [0.4, 0.5) is 4.79 Å². The predicted octanol–water partition coefficient (Wildman–Crippen LogP) is 3.83. The third kappa shape index (κ3) is 3.26. The van der Waals surface area contributed by atoms with Crippen LogP contribution in [0.5, 0.6) is 0 Å². The molecule has 0 unspecified atom stereocenters. The SMILES string of the molecule is CC(C)(C)OC(=O)N1CCC[C@@H]1[C@@H]1CCc2ccccc2C1=O. The molecule has 1 amide bonds. The molecule has 2 atom stereocenters. The number of amides is 1. The molecule has 4 nitrogen and oxygen atoms in total. The summed E-state index contributed by atoms with van der Waals surface area (Å²) in [5, 5.41) is 0. The Hall–Kier alpha value is -1.84. The molecule has 0 aromatic heterocycles. The minimum absolute atomic E-state index is 0.0225. The molecule has 0 radical (unpaired) electrons. The second-order valence-electron chi connectivity index (χ2n) is 7.55. The van der Waals surface area contributed by atoms with E-state index in [0.717, 1.165) is 36.8 Å². The van der Waals surface area contributed by atoms with Crippen LogP contribution in [0, 0.1) is 5.92 Å². The Balaban J connectivity index is 1.79. The molecular weight excluding hydrogens is 290 g/mol. The Morgan fingerprint density at radius 2 is 1.96 bits per heavy atom. The zero-order valence-corrected chi connectivity index (χ0v) is 14.2. The van der Waals surface area contributed by atoms with Gasteiger partial charge in [-0.05, 0) is 52.0 Å². The van der Waals surface area contributed by atoms with Crippen LogP contribution >= 0.6 is 0 Å². The minimum Gasteiger partial charge on any atom is -0.444 e. The third-order valence-electron chi connectivity index (χ3n) is 4.74. The van der Waals surface area contributed by atoms with Gasteiger partial charge < -0.3 is 9.64 Å². The van der Waals surface area contributed by atoms with Gasteiger partial charge in [-0.25, -0.2) is 4.79 Å². The molecule has 1 saturated heterocycles. The number of ether oxygens (including phenoxy) is 1. The molecule has 1 aromatic rings. The number of nitrogens with zero attached hydrogens (tertiary/aromatic N) is 1. The van der Waals surface area contributed by atoms with Gasteiger partial charge in [0.2, 0.25) is 0 Å². The topological polar surface area (TPSA) is 46.6 Å². The first kappa shape index (κ1) is 16.0. The van der Waals surface area contributed by atoms with Crippen molar-refractivity contribution >= 4 is 11.9 Å². The second kappa shape index (κ2) is 5.99. The maximum Gasteiger partial charge on any atom is 0.410 e. The van der Waals surface area contributed by atoms with Crippen molar-refractivity contribution < 1.29 is 14.3 Å². The van der Waals surface area contributed by atoms with Crippen LogP contribution in [-0.2, 0) is 11.2 Å². The van der Waals surface area contributed by atoms with Gasteiger partial charge in [0, 0.05) is 24.1 Å². The Morgan fingerprint density at radius 3 is 2.70 bits per heavy atom. The Bertz CT molecular complexity index is 617. The Labute approximate surface area is 137 Å². The van der Waals surface area contributed by atoms with E-state index >= 15 is 0 Å². The number of Topliss-reactive ketones (excluding diaryl/α,β-unsaturated/α-hetero) is 1. The average Bonchev–Trinajstić information content (AvgIpc) is 2.95. The smallest absolute Gasteiger partial charge is 0.410 e. The minimum atomic E-state index is -0.507. The highest BCUT2D eigenvalue weighted by Crippen LogP contribution is 2.34. The second-order valence-corrected chi connectivity index (χ2v) is 7.55. The van der Waals surface area contributed by atoms with E-state index in [1.165, 1.54) is 0 Å². The van der Waals surface area contributed by atoms with Crippen molar-refractivity contribution in [2.24, 2.45) is 5.92 Å². The van der Waals surface area contributed by atoms with Crippen LogP contribution in [0.1, 0.15) is 56.0 Å². The number of hydrogen-bond acceptors (Lipinski definition) is 3. The van der Waals surface area contributed by atoms with Crippen molar-refractivity contribution in [3.63, 3.8) is 0 Å². The maximum absolute atomic E-state index is 12.9. The molecule has 1 heterocycles. The molecule has 1 aromatic carbocycles. The summed E-state index contributed by atoms with van der Waals surface area (Å²) in [7, 11) is 0. The van der Waals surface area contributed by atoms with Crippen molar-refractivity contribution in [3.8, 4) is 0 Å². The number of fused-ring (bicyclic) bond motifs is 1. The van der Waals surface area contributed by atoms with Gasteiger partial charge in [-0.3, -0.25) is 4.79 Å². The van der Waals surface area contributed by atoms with Crippen molar-refractivity contribution in [2.75, 3.05) is 6.54 Å². The molecule has 0 saturated carbocycles. The van der Waals surface area contributed by atoms with Crippen LogP contribution in [0.2, 0.25) is 0 Å². The first-order valence-corrected chi connectivity index (χ1v) is 8.48. The van der Waals surface area contributed by atoms with E-state index in [1.807, 2.05) is 45.0 Å². The molecule has 1 fully saturated rings. The van der Waals surface area contributed by atoms with Gasteiger partial charge in [-0.15, -0.1) is 0 Å². The highest BCUT2D eigenvalue weighted by molar-refractivity contribution is 6.00. The normalized spacial score (nSPS) is 24.5. The number of likely N-dealkylation sites (tertiary alicyclic amines) is 1. The number of ketones is 1. The first-order chi connectivity index (χ1) is 10.9. The number of rotatable bonds is 1. The molecule has 0 bridgehead atoms. The molecule has 4 heteroatoms. The molecule has 0 N–H and O–H groups in total. The summed E-state index contributed by atoms with van der Waals surface area (Å²) in [5.41, 5.74) is 1.46. The Morgan fingerprint density at radius 1 is 1.22 bits per heavy atom. The zero-order chi connectivity index (χ0) is 16.6. The molecule has 1 aliphatic heterocycles. The van der Waals surface area contributed by atoms with Crippen molar-refractivity contribution in [3.05, 3.63) is 35.4 Å². The predicted molar refractivity (Wildman–Crippen MR) is 88.5 cm³/mol. The Kier molecular flexibility index (Phi) is 4.17. The quantitative estimate of drug-likeness (QED) is 0.791. The van der Waals surface area contributed by atoms with Crippen molar-refractivity contribution in [1.82, 2.24) is 4.90 Å². The molecule has 1 aliphatic carbocycles. The fourth-order valence-corrected chi connectivity index (χ4v) is 3.75. The lowest BCUT2D eigenvalue weighted by Gasteiger charge is -2.34. The molecular formula is C19H25NO3. The van der Waals surface area contributed by atoms with E-state index in [4.69, 9.17) is 4.74 Å². The van der Waals surface area contributed by atoms with Crippen LogP contribution in [0.25, 0.3) is 0 Å². The van der Waals surface area contributed by atoms with Gasteiger partial charge in [0.05, 0.1) is 0 Å². The molecule has 0 spiro atoms. The van der Waals surface area contributed by atoms with Gasteiger partial charge in [0.25, 0.3) is 0 Å². The van der Waals surface area contributed by atoms with Gasteiger partial charge >= 0.3 is 6.09 Å². The number of carbonyl (C=O) groups excluding carboxylic acids is 2. The molecule has 3 rings (SSSR count). The summed E-state index contributed by atoms with van der Waals surface area (Å²) >= 11 is 0. The van der Waals surface area contributed by atoms with E-state index in [-0.39, 0.29) is 23.8 Å². The van der Waals surface area contributed by atoms with Crippen LogP contribution in [-0.4, -0.2) is 35.0 Å². The van der Waals surface area contributed by atoms with E-state index in [0.29, 0.717) is 6.54 Å². The first-order valence-electron chi connectivity index (χ1n) is 8.48. The van der Waals surface area contributed by atoms with Gasteiger partial charge in [0.15, 0.2) is 5.78 Å². The maximum atomic E-state index is 12.9.